The summed E-state index contributed by atoms with van der Waals surface area (Å²) in [6.07, 6.45) is 2.55. The number of benzene rings is 3. The molecule has 6 nitrogen and oxygen atoms in total. The minimum absolute atomic E-state index is 0.131. The highest BCUT2D eigenvalue weighted by Gasteiger charge is 2.19. The first kappa shape index (κ1) is 23.0. The Bertz CT molecular complexity index is 1280. The van der Waals surface area contributed by atoms with E-state index in [1.807, 2.05) is 92.7 Å². The van der Waals surface area contributed by atoms with Crippen molar-refractivity contribution in [2.24, 2.45) is 0 Å². The van der Waals surface area contributed by atoms with Crippen LogP contribution in [0.25, 0.3) is 11.3 Å². The van der Waals surface area contributed by atoms with Crippen LogP contribution in [0.5, 0.6) is 0 Å². The van der Waals surface area contributed by atoms with Crippen LogP contribution in [-0.2, 0) is 17.8 Å². The third-order valence-electron chi connectivity index (χ3n) is 5.60. The van der Waals surface area contributed by atoms with Gasteiger partial charge in [-0.25, -0.2) is 0 Å². The number of anilines is 1. The molecular formula is C28H28N4O2. The summed E-state index contributed by atoms with van der Waals surface area (Å²) in [5.41, 5.74) is 5.89. The highest BCUT2D eigenvalue weighted by molar-refractivity contribution is 6.02. The molecule has 0 atom stereocenters. The topological polar surface area (TPSA) is 76.0 Å². The highest BCUT2D eigenvalue weighted by Crippen LogP contribution is 2.23. The van der Waals surface area contributed by atoms with Gasteiger partial charge in [0.25, 0.3) is 5.91 Å². The molecule has 0 saturated heterocycles. The first-order chi connectivity index (χ1) is 16.5. The van der Waals surface area contributed by atoms with Gasteiger partial charge in [-0.05, 0) is 30.5 Å². The number of carbonyl (C=O) groups excluding carboxylic acids is 2. The van der Waals surface area contributed by atoms with E-state index in [-0.39, 0.29) is 18.4 Å². The molecular weight excluding hydrogens is 424 g/mol. The van der Waals surface area contributed by atoms with Crippen LogP contribution >= 0.6 is 0 Å². The summed E-state index contributed by atoms with van der Waals surface area (Å²) in [6, 6.07) is 25.5. The second-order valence-corrected chi connectivity index (χ2v) is 8.18. The fraction of sp³-hybridized carbons (Fsp3) is 0.179. The molecule has 34 heavy (non-hydrogen) atoms. The molecule has 1 heterocycles. The van der Waals surface area contributed by atoms with Gasteiger partial charge in [-0.1, -0.05) is 85.3 Å². The Morgan fingerprint density at radius 1 is 0.912 bits per heavy atom. The third kappa shape index (κ3) is 5.59. The number of rotatable bonds is 8. The van der Waals surface area contributed by atoms with E-state index in [0.29, 0.717) is 17.8 Å². The smallest absolute Gasteiger partial charge is 0.255 e. The second-order valence-electron chi connectivity index (χ2n) is 8.18. The van der Waals surface area contributed by atoms with Gasteiger partial charge in [-0.3, -0.25) is 14.3 Å². The molecule has 0 aliphatic heterocycles. The summed E-state index contributed by atoms with van der Waals surface area (Å²) < 4.78 is 1.76. The van der Waals surface area contributed by atoms with E-state index in [2.05, 4.69) is 10.6 Å². The van der Waals surface area contributed by atoms with Crippen LogP contribution in [-0.4, -0.2) is 28.1 Å². The number of amides is 2. The summed E-state index contributed by atoms with van der Waals surface area (Å²) in [5.74, 6) is -0.614. The minimum atomic E-state index is -0.339. The molecule has 0 aliphatic rings. The Hall–Kier alpha value is -4.19. The number of hydrogen-bond acceptors (Lipinski definition) is 3. The van der Waals surface area contributed by atoms with E-state index in [9.17, 15) is 9.59 Å². The maximum atomic E-state index is 13.1. The average molecular weight is 453 g/mol. The van der Waals surface area contributed by atoms with Crippen LogP contribution in [0.3, 0.4) is 0 Å². The molecule has 1 aromatic heterocycles. The van der Waals surface area contributed by atoms with Gasteiger partial charge in [-0.2, -0.15) is 5.10 Å². The molecule has 0 radical (unpaired) electrons. The van der Waals surface area contributed by atoms with Gasteiger partial charge >= 0.3 is 0 Å². The molecule has 0 aliphatic carbocycles. The molecule has 6 heteroatoms. The van der Waals surface area contributed by atoms with Crippen molar-refractivity contribution >= 4 is 17.5 Å². The van der Waals surface area contributed by atoms with Gasteiger partial charge in [0.05, 0.1) is 18.7 Å². The zero-order valence-corrected chi connectivity index (χ0v) is 19.4. The van der Waals surface area contributed by atoms with E-state index < -0.39 is 0 Å². The van der Waals surface area contributed by atoms with Gasteiger partial charge in [0, 0.05) is 17.4 Å². The van der Waals surface area contributed by atoms with Gasteiger partial charge < -0.3 is 10.6 Å². The summed E-state index contributed by atoms with van der Waals surface area (Å²) in [5, 5.41) is 10.3. The Morgan fingerprint density at radius 3 is 2.35 bits per heavy atom. The van der Waals surface area contributed by atoms with Crippen LogP contribution in [0.4, 0.5) is 5.69 Å². The molecule has 2 amide bonds. The lowest BCUT2D eigenvalue weighted by Crippen LogP contribution is -2.33. The van der Waals surface area contributed by atoms with E-state index in [1.165, 1.54) is 0 Å². The quantitative estimate of drug-likeness (QED) is 0.402. The second kappa shape index (κ2) is 10.6. The molecule has 0 saturated carbocycles. The fourth-order valence-corrected chi connectivity index (χ4v) is 3.76. The van der Waals surface area contributed by atoms with Crippen LogP contribution in [0.1, 0.15) is 34.0 Å². The number of carbonyl (C=O) groups is 2. The minimum Gasteiger partial charge on any atom is -0.343 e. The standard InChI is InChI=1S/C28H28N4O2/c1-3-22-11-7-8-12-25(22)30-26(33)17-29-28(34)24-19-32(18-21-9-5-4-6-10-21)31-27(24)23-15-13-20(2)14-16-23/h4-16,19H,3,17-18H2,1-2H3,(H,29,34)(H,30,33). The molecule has 0 bridgehead atoms. The number of hydrogen-bond donors (Lipinski definition) is 2. The van der Waals surface area contributed by atoms with Crippen LogP contribution in [0.15, 0.2) is 85.1 Å². The molecule has 172 valence electrons. The lowest BCUT2D eigenvalue weighted by molar-refractivity contribution is -0.115. The van der Waals surface area contributed by atoms with Crippen molar-refractivity contribution in [2.45, 2.75) is 26.8 Å². The fourth-order valence-electron chi connectivity index (χ4n) is 3.76. The molecule has 4 rings (SSSR count). The Balaban J connectivity index is 1.52. The van der Waals surface area contributed by atoms with Crippen molar-refractivity contribution in [1.29, 1.82) is 0 Å². The SMILES string of the molecule is CCc1ccccc1NC(=O)CNC(=O)c1cn(Cc2ccccc2)nc1-c1ccc(C)cc1. The molecule has 4 aromatic rings. The largest absolute Gasteiger partial charge is 0.343 e. The van der Waals surface area contributed by atoms with Crippen molar-refractivity contribution < 1.29 is 9.59 Å². The lowest BCUT2D eigenvalue weighted by Gasteiger charge is -2.10. The monoisotopic (exact) mass is 452 g/mol. The molecule has 0 spiro atoms. The summed E-state index contributed by atoms with van der Waals surface area (Å²) in [4.78, 5) is 25.6. The van der Waals surface area contributed by atoms with Gasteiger partial charge in [0.2, 0.25) is 5.91 Å². The lowest BCUT2D eigenvalue weighted by atomic mass is 10.1. The van der Waals surface area contributed by atoms with Crippen LogP contribution < -0.4 is 10.6 Å². The van der Waals surface area contributed by atoms with Gasteiger partial charge in [-0.15, -0.1) is 0 Å². The van der Waals surface area contributed by atoms with Crippen LogP contribution in [0, 0.1) is 6.92 Å². The average Bonchev–Trinajstić information content (AvgIpc) is 3.27. The number of nitrogens with zero attached hydrogens (tertiary/aromatic N) is 2. The van der Waals surface area contributed by atoms with Crippen molar-refractivity contribution in [3.8, 4) is 11.3 Å². The molecule has 3 aromatic carbocycles. The molecule has 0 unspecified atom stereocenters. The Kier molecular flexibility index (Phi) is 7.18. The van der Waals surface area contributed by atoms with Crippen molar-refractivity contribution in [3.05, 3.63) is 107 Å². The first-order valence-electron chi connectivity index (χ1n) is 11.4. The Labute approximate surface area is 199 Å². The van der Waals surface area contributed by atoms with Crippen molar-refractivity contribution in [1.82, 2.24) is 15.1 Å². The molecule has 0 fully saturated rings. The number of aromatic nitrogens is 2. The summed E-state index contributed by atoms with van der Waals surface area (Å²) >= 11 is 0. The number of aryl methyl sites for hydroxylation is 2. The maximum absolute atomic E-state index is 13.1. The van der Waals surface area contributed by atoms with E-state index in [0.717, 1.165) is 34.4 Å². The normalized spacial score (nSPS) is 10.6. The van der Waals surface area contributed by atoms with Crippen LogP contribution in [0.2, 0.25) is 0 Å². The van der Waals surface area contributed by atoms with Gasteiger partial charge in [0.15, 0.2) is 0 Å². The predicted molar refractivity (Wildman–Crippen MR) is 135 cm³/mol. The third-order valence-corrected chi connectivity index (χ3v) is 5.60. The van der Waals surface area contributed by atoms with Crippen molar-refractivity contribution in [2.75, 3.05) is 11.9 Å². The molecule has 2 N–H and O–H groups in total. The number of para-hydroxylation sites is 1. The van der Waals surface area contributed by atoms with Gasteiger partial charge in [0.1, 0.15) is 5.69 Å². The van der Waals surface area contributed by atoms with Crippen molar-refractivity contribution in [3.63, 3.8) is 0 Å². The van der Waals surface area contributed by atoms with E-state index in [4.69, 9.17) is 5.10 Å². The summed E-state index contributed by atoms with van der Waals surface area (Å²) in [7, 11) is 0. The predicted octanol–water partition coefficient (Wildman–Crippen LogP) is 4.84. The zero-order valence-electron chi connectivity index (χ0n) is 19.4. The maximum Gasteiger partial charge on any atom is 0.255 e. The van der Waals surface area contributed by atoms with E-state index >= 15 is 0 Å². The zero-order chi connectivity index (χ0) is 23.9. The first-order valence-corrected chi connectivity index (χ1v) is 11.4. The Morgan fingerprint density at radius 2 is 1.62 bits per heavy atom. The summed E-state index contributed by atoms with van der Waals surface area (Å²) in [6.45, 7) is 4.46. The number of nitrogens with one attached hydrogen (secondary N) is 2. The van der Waals surface area contributed by atoms with E-state index in [1.54, 1.807) is 10.9 Å². The highest BCUT2D eigenvalue weighted by atomic mass is 16.2.